The van der Waals surface area contributed by atoms with Crippen LogP contribution in [0.1, 0.15) is 11.4 Å². The van der Waals surface area contributed by atoms with E-state index in [1.54, 1.807) is 13.2 Å². The van der Waals surface area contributed by atoms with Crippen LogP contribution in [0.5, 0.6) is 11.5 Å². The van der Waals surface area contributed by atoms with Crippen molar-refractivity contribution < 1.29 is 14.3 Å². The van der Waals surface area contributed by atoms with Gasteiger partial charge in [-0.3, -0.25) is 9.36 Å². The standard InChI is InChI=1S/C26H26N4O3S/c1-4-14-30-24(16-33-22-11-7-9-19-8-5-6-10-20(19)22)28-29-26(30)34-17-25(31)27-21-15-18(2)12-13-23(21)32-3/h4-13,15H,1,14,16-17H2,2-3H3,(H,27,31). The Morgan fingerprint density at radius 2 is 1.94 bits per heavy atom. The molecule has 0 radical (unpaired) electrons. The molecule has 174 valence electrons. The number of allylic oxidation sites excluding steroid dienone is 1. The van der Waals surface area contributed by atoms with E-state index in [0.717, 1.165) is 22.1 Å². The lowest BCUT2D eigenvalue weighted by Crippen LogP contribution is -2.15. The summed E-state index contributed by atoms with van der Waals surface area (Å²) in [4.78, 5) is 12.6. The van der Waals surface area contributed by atoms with Crippen LogP contribution in [0, 0.1) is 6.92 Å². The Balaban J connectivity index is 1.43. The molecule has 1 aromatic heterocycles. The maximum atomic E-state index is 12.6. The number of hydrogen-bond donors (Lipinski definition) is 1. The number of nitrogens with one attached hydrogen (secondary N) is 1. The van der Waals surface area contributed by atoms with Crippen LogP contribution in [0.3, 0.4) is 0 Å². The maximum absolute atomic E-state index is 12.6. The zero-order valence-corrected chi connectivity index (χ0v) is 20.0. The van der Waals surface area contributed by atoms with Gasteiger partial charge in [0.25, 0.3) is 0 Å². The number of methoxy groups -OCH3 is 1. The summed E-state index contributed by atoms with van der Waals surface area (Å²) in [5.74, 6) is 2.08. The third-order valence-electron chi connectivity index (χ3n) is 5.17. The summed E-state index contributed by atoms with van der Waals surface area (Å²) in [5, 5.41) is 14.3. The number of aromatic nitrogens is 3. The third-order valence-corrected chi connectivity index (χ3v) is 6.14. The van der Waals surface area contributed by atoms with E-state index in [1.807, 2.05) is 60.0 Å². The van der Waals surface area contributed by atoms with Gasteiger partial charge in [-0.05, 0) is 36.1 Å². The van der Waals surface area contributed by atoms with E-state index in [1.165, 1.54) is 11.8 Å². The second-order valence-corrected chi connectivity index (χ2v) is 8.55. The first kappa shape index (κ1) is 23.4. The number of fused-ring (bicyclic) bond motifs is 1. The average Bonchev–Trinajstić information content (AvgIpc) is 3.23. The zero-order valence-electron chi connectivity index (χ0n) is 19.2. The fourth-order valence-electron chi connectivity index (χ4n) is 3.54. The number of ether oxygens (including phenoxy) is 2. The van der Waals surface area contributed by atoms with Gasteiger partial charge in [0, 0.05) is 11.9 Å². The van der Waals surface area contributed by atoms with Gasteiger partial charge < -0.3 is 14.8 Å². The molecular formula is C26H26N4O3S. The Hall–Kier alpha value is -3.78. The molecule has 1 N–H and O–H groups in total. The van der Waals surface area contributed by atoms with E-state index in [2.05, 4.69) is 34.2 Å². The van der Waals surface area contributed by atoms with Gasteiger partial charge in [-0.15, -0.1) is 16.8 Å². The summed E-state index contributed by atoms with van der Waals surface area (Å²) in [6.07, 6.45) is 1.77. The van der Waals surface area contributed by atoms with Crippen molar-refractivity contribution in [1.82, 2.24) is 14.8 Å². The lowest BCUT2D eigenvalue weighted by Gasteiger charge is -2.12. The summed E-state index contributed by atoms with van der Waals surface area (Å²) < 4.78 is 13.3. The summed E-state index contributed by atoms with van der Waals surface area (Å²) in [7, 11) is 1.58. The predicted octanol–water partition coefficient (Wildman–Crippen LogP) is 5.24. The van der Waals surface area contributed by atoms with Gasteiger partial charge in [-0.1, -0.05) is 60.3 Å². The highest BCUT2D eigenvalue weighted by molar-refractivity contribution is 7.99. The van der Waals surface area contributed by atoms with Crippen molar-refractivity contribution in [3.8, 4) is 11.5 Å². The Morgan fingerprint density at radius 1 is 1.12 bits per heavy atom. The van der Waals surface area contributed by atoms with Gasteiger partial charge in [0.1, 0.15) is 18.1 Å². The SMILES string of the molecule is C=CCn1c(COc2cccc3ccccc23)nnc1SCC(=O)Nc1cc(C)ccc1OC. The molecule has 0 saturated carbocycles. The Morgan fingerprint density at radius 3 is 2.76 bits per heavy atom. The van der Waals surface area contributed by atoms with Crippen LogP contribution in [0.15, 0.2) is 78.5 Å². The van der Waals surface area contributed by atoms with Gasteiger partial charge in [0.05, 0.1) is 18.6 Å². The Bertz CT molecular complexity index is 1310. The van der Waals surface area contributed by atoms with Gasteiger partial charge in [0.15, 0.2) is 11.0 Å². The highest BCUT2D eigenvalue weighted by atomic mass is 32.2. The second-order valence-electron chi connectivity index (χ2n) is 7.60. The molecule has 0 bridgehead atoms. The molecule has 0 atom stereocenters. The number of aryl methyl sites for hydroxylation is 1. The molecule has 0 spiro atoms. The number of nitrogens with zero attached hydrogens (tertiary/aromatic N) is 3. The lowest BCUT2D eigenvalue weighted by atomic mass is 10.1. The average molecular weight is 475 g/mol. The van der Waals surface area contributed by atoms with E-state index < -0.39 is 0 Å². The summed E-state index contributed by atoms with van der Waals surface area (Å²) in [6.45, 7) is 6.56. The molecule has 0 aliphatic rings. The van der Waals surface area contributed by atoms with Crippen molar-refractivity contribution in [2.75, 3.05) is 18.2 Å². The fraction of sp³-hybridized carbons (Fsp3) is 0.192. The highest BCUT2D eigenvalue weighted by Crippen LogP contribution is 2.27. The highest BCUT2D eigenvalue weighted by Gasteiger charge is 2.15. The fourth-order valence-corrected chi connectivity index (χ4v) is 4.31. The molecule has 8 heteroatoms. The number of thioether (sulfide) groups is 1. The monoisotopic (exact) mass is 474 g/mol. The molecule has 7 nitrogen and oxygen atoms in total. The van der Waals surface area contributed by atoms with Crippen LogP contribution >= 0.6 is 11.8 Å². The number of carbonyl (C=O) groups excluding carboxylic acids is 1. The van der Waals surface area contributed by atoms with E-state index in [0.29, 0.717) is 29.0 Å². The van der Waals surface area contributed by atoms with Crippen molar-refractivity contribution in [3.63, 3.8) is 0 Å². The van der Waals surface area contributed by atoms with Crippen molar-refractivity contribution in [2.45, 2.75) is 25.2 Å². The van der Waals surface area contributed by atoms with Crippen LogP contribution in [-0.2, 0) is 17.9 Å². The van der Waals surface area contributed by atoms with Gasteiger partial charge in [-0.2, -0.15) is 0 Å². The quantitative estimate of drug-likeness (QED) is 0.250. The minimum Gasteiger partial charge on any atom is -0.495 e. The van der Waals surface area contributed by atoms with E-state index >= 15 is 0 Å². The van der Waals surface area contributed by atoms with Gasteiger partial charge in [-0.25, -0.2) is 0 Å². The van der Waals surface area contributed by atoms with E-state index in [9.17, 15) is 4.79 Å². The van der Waals surface area contributed by atoms with Crippen LogP contribution in [0.2, 0.25) is 0 Å². The molecule has 0 unspecified atom stereocenters. The minimum absolute atomic E-state index is 0.157. The molecule has 4 aromatic rings. The van der Waals surface area contributed by atoms with Crippen LogP contribution in [0.4, 0.5) is 5.69 Å². The van der Waals surface area contributed by atoms with Crippen LogP contribution in [0.25, 0.3) is 10.8 Å². The first-order valence-corrected chi connectivity index (χ1v) is 11.8. The molecule has 4 rings (SSSR count). The molecule has 1 heterocycles. The maximum Gasteiger partial charge on any atom is 0.234 e. The number of rotatable bonds is 10. The van der Waals surface area contributed by atoms with E-state index in [-0.39, 0.29) is 18.3 Å². The Kier molecular flexibility index (Phi) is 7.49. The topological polar surface area (TPSA) is 78.3 Å². The lowest BCUT2D eigenvalue weighted by molar-refractivity contribution is -0.113. The molecular weight excluding hydrogens is 448 g/mol. The van der Waals surface area contributed by atoms with Crippen molar-refractivity contribution >= 4 is 34.1 Å². The molecule has 34 heavy (non-hydrogen) atoms. The molecule has 0 saturated heterocycles. The predicted molar refractivity (Wildman–Crippen MR) is 136 cm³/mol. The summed E-state index contributed by atoms with van der Waals surface area (Å²) in [5.41, 5.74) is 1.68. The summed E-state index contributed by atoms with van der Waals surface area (Å²) in [6, 6.07) is 19.7. The molecule has 1 amide bonds. The third kappa shape index (κ3) is 5.40. The largest absolute Gasteiger partial charge is 0.495 e. The number of hydrogen-bond acceptors (Lipinski definition) is 6. The number of anilines is 1. The van der Waals surface area contributed by atoms with Crippen LogP contribution < -0.4 is 14.8 Å². The Labute approximate surface area is 202 Å². The smallest absolute Gasteiger partial charge is 0.234 e. The molecule has 0 aliphatic heterocycles. The zero-order chi connectivity index (χ0) is 23.9. The first-order valence-electron chi connectivity index (χ1n) is 10.8. The number of benzene rings is 3. The van der Waals surface area contributed by atoms with Crippen molar-refractivity contribution in [1.29, 1.82) is 0 Å². The van der Waals surface area contributed by atoms with Crippen molar-refractivity contribution in [2.24, 2.45) is 0 Å². The molecule has 3 aromatic carbocycles. The molecule has 0 fully saturated rings. The number of amides is 1. The van der Waals surface area contributed by atoms with Crippen LogP contribution in [-0.4, -0.2) is 33.5 Å². The van der Waals surface area contributed by atoms with Crippen molar-refractivity contribution in [3.05, 3.63) is 84.7 Å². The second kappa shape index (κ2) is 10.9. The van der Waals surface area contributed by atoms with Gasteiger partial charge in [0.2, 0.25) is 5.91 Å². The van der Waals surface area contributed by atoms with Gasteiger partial charge >= 0.3 is 0 Å². The minimum atomic E-state index is -0.157. The summed E-state index contributed by atoms with van der Waals surface area (Å²) >= 11 is 1.31. The van der Waals surface area contributed by atoms with E-state index in [4.69, 9.17) is 9.47 Å². The number of carbonyl (C=O) groups is 1. The normalized spacial score (nSPS) is 10.8. The first-order chi connectivity index (χ1) is 16.6. The molecule has 0 aliphatic carbocycles.